The first-order valence-electron chi connectivity index (χ1n) is 4.51. The van der Waals surface area contributed by atoms with Crippen molar-refractivity contribution >= 4 is 5.52 Å². The molecule has 0 aliphatic heterocycles. The van der Waals surface area contributed by atoms with Crippen LogP contribution in [0.2, 0.25) is 0 Å². The van der Waals surface area contributed by atoms with E-state index in [2.05, 4.69) is 42.4 Å². The van der Waals surface area contributed by atoms with Gasteiger partial charge in [-0.1, -0.05) is 20.8 Å². The van der Waals surface area contributed by atoms with E-state index in [1.165, 1.54) is 5.52 Å². The summed E-state index contributed by atoms with van der Waals surface area (Å²) in [5, 5.41) is 0. The zero-order valence-corrected chi connectivity index (χ0v) is 8.28. The lowest BCUT2D eigenvalue weighted by Gasteiger charge is -2.19. The molecule has 2 aromatic rings. The maximum Gasteiger partial charge on any atom is 0.118 e. The third kappa shape index (κ3) is 1.32. The number of hydrogen-bond acceptors (Lipinski definition) is 1. The minimum atomic E-state index is 0.0958. The van der Waals surface area contributed by atoms with Gasteiger partial charge in [0.25, 0.3) is 0 Å². The molecule has 0 saturated carbocycles. The number of hydrogen-bond donors (Lipinski definition) is 0. The van der Waals surface area contributed by atoms with Gasteiger partial charge in [-0.2, -0.15) is 0 Å². The average Bonchev–Trinajstić information content (AvgIpc) is 2.48. The number of rotatable bonds is 0. The Morgan fingerprint density at radius 2 is 2.00 bits per heavy atom. The van der Waals surface area contributed by atoms with Crippen LogP contribution in [0.15, 0.2) is 30.6 Å². The van der Waals surface area contributed by atoms with Crippen LogP contribution in [0.5, 0.6) is 0 Å². The van der Waals surface area contributed by atoms with Crippen molar-refractivity contribution in [1.82, 2.24) is 9.38 Å². The highest BCUT2D eigenvalue weighted by molar-refractivity contribution is 5.47. The van der Waals surface area contributed by atoms with Gasteiger partial charge < -0.3 is 4.40 Å². The van der Waals surface area contributed by atoms with Crippen molar-refractivity contribution in [2.45, 2.75) is 26.2 Å². The molecule has 2 nitrogen and oxygen atoms in total. The van der Waals surface area contributed by atoms with Crippen molar-refractivity contribution in [2.24, 2.45) is 0 Å². The molecule has 0 bridgehead atoms. The van der Waals surface area contributed by atoms with Gasteiger partial charge in [0.15, 0.2) is 0 Å². The highest BCUT2D eigenvalue weighted by Crippen LogP contribution is 2.20. The summed E-state index contributed by atoms with van der Waals surface area (Å²) in [6, 6.07) is 6.17. The van der Waals surface area contributed by atoms with E-state index in [0.717, 1.165) is 5.82 Å². The molecule has 0 unspecified atom stereocenters. The van der Waals surface area contributed by atoms with E-state index in [-0.39, 0.29) is 5.41 Å². The van der Waals surface area contributed by atoms with Crippen LogP contribution < -0.4 is 0 Å². The molecule has 2 aromatic heterocycles. The molecule has 13 heavy (non-hydrogen) atoms. The van der Waals surface area contributed by atoms with Gasteiger partial charge in [-0.25, -0.2) is 4.98 Å². The summed E-state index contributed by atoms with van der Waals surface area (Å²) in [5.41, 5.74) is 1.30. The number of fused-ring (bicyclic) bond motifs is 1. The van der Waals surface area contributed by atoms with Gasteiger partial charge in [-0.15, -0.1) is 0 Å². The Labute approximate surface area is 78.2 Å². The predicted molar refractivity (Wildman–Crippen MR) is 53.9 cm³/mol. The molecule has 0 aliphatic rings. The molecule has 0 atom stereocenters. The predicted octanol–water partition coefficient (Wildman–Crippen LogP) is 2.63. The fourth-order valence-corrected chi connectivity index (χ4v) is 1.52. The van der Waals surface area contributed by atoms with E-state index in [1.54, 1.807) is 0 Å². The smallest absolute Gasteiger partial charge is 0.118 e. The molecule has 0 radical (unpaired) electrons. The summed E-state index contributed by atoms with van der Waals surface area (Å²) in [7, 11) is 0. The topological polar surface area (TPSA) is 17.3 Å². The largest absolute Gasteiger partial charge is 0.305 e. The Balaban J connectivity index is 2.75. The van der Waals surface area contributed by atoms with Crippen LogP contribution >= 0.6 is 0 Å². The highest BCUT2D eigenvalue weighted by atomic mass is 15.0. The van der Waals surface area contributed by atoms with Gasteiger partial charge in [0, 0.05) is 23.3 Å². The SMILES string of the molecule is CC(C)(C)c1nccc2cccn12. The first-order valence-corrected chi connectivity index (χ1v) is 4.51. The van der Waals surface area contributed by atoms with Crippen molar-refractivity contribution in [2.75, 3.05) is 0 Å². The molecule has 0 aromatic carbocycles. The van der Waals surface area contributed by atoms with Gasteiger partial charge >= 0.3 is 0 Å². The second-order valence-corrected chi connectivity index (χ2v) is 4.32. The van der Waals surface area contributed by atoms with Crippen molar-refractivity contribution in [3.8, 4) is 0 Å². The fourth-order valence-electron chi connectivity index (χ4n) is 1.52. The third-order valence-electron chi connectivity index (χ3n) is 2.12. The molecule has 2 heteroatoms. The van der Waals surface area contributed by atoms with Crippen LogP contribution in [0.3, 0.4) is 0 Å². The Morgan fingerprint density at radius 3 is 2.69 bits per heavy atom. The van der Waals surface area contributed by atoms with E-state index in [0.29, 0.717) is 0 Å². The Morgan fingerprint density at radius 1 is 1.23 bits per heavy atom. The van der Waals surface area contributed by atoms with E-state index >= 15 is 0 Å². The Bertz CT molecular complexity index is 421. The first-order chi connectivity index (χ1) is 6.09. The summed E-state index contributed by atoms with van der Waals surface area (Å²) in [6.45, 7) is 6.53. The number of nitrogens with zero attached hydrogens (tertiary/aromatic N) is 2. The summed E-state index contributed by atoms with van der Waals surface area (Å²) in [4.78, 5) is 4.41. The van der Waals surface area contributed by atoms with E-state index in [4.69, 9.17) is 0 Å². The van der Waals surface area contributed by atoms with E-state index < -0.39 is 0 Å². The monoisotopic (exact) mass is 174 g/mol. The lowest BCUT2D eigenvalue weighted by atomic mass is 9.95. The molecule has 0 spiro atoms. The van der Waals surface area contributed by atoms with Gasteiger partial charge in [-0.3, -0.25) is 0 Å². The van der Waals surface area contributed by atoms with Crippen molar-refractivity contribution < 1.29 is 0 Å². The van der Waals surface area contributed by atoms with Gasteiger partial charge in [0.2, 0.25) is 0 Å². The van der Waals surface area contributed by atoms with Crippen LogP contribution in [0, 0.1) is 0 Å². The molecule has 2 heterocycles. The fraction of sp³-hybridized carbons (Fsp3) is 0.364. The summed E-state index contributed by atoms with van der Waals surface area (Å²) < 4.78 is 2.14. The summed E-state index contributed by atoms with van der Waals surface area (Å²) >= 11 is 0. The Hall–Kier alpha value is -1.31. The molecule has 0 saturated heterocycles. The minimum absolute atomic E-state index is 0.0958. The van der Waals surface area contributed by atoms with Crippen LogP contribution in [-0.4, -0.2) is 9.38 Å². The van der Waals surface area contributed by atoms with Crippen molar-refractivity contribution in [1.29, 1.82) is 0 Å². The summed E-state index contributed by atoms with van der Waals surface area (Å²) in [6.07, 6.45) is 3.93. The lowest BCUT2D eigenvalue weighted by Crippen LogP contribution is -2.17. The molecule has 68 valence electrons. The van der Waals surface area contributed by atoms with Crippen LogP contribution in [-0.2, 0) is 5.41 Å². The second kappa shape index (κ2) is 2.59. The number of aromatic nitrogens is 2. The molecule has 2 rings (SSSR count). The molecule has 0 fully saturated rings. The standard InChI is InChI=1S/C11H14N2/c1-11(2,3)10-12-7-6-9-5-4-8-13(9)10/h4-8H,1-3H3. The molecule has 0 N–H and O–H groups in total. The molecule has 0 amide bonds. The molecule has 0 aliphatic carbocycles. The van der Waals surface area contributed by atoms with Crippen LogP contribution in [0.1, 0.15) is 26.6 Å². The van der Waals surface area contributed by atoms with Crippen LogP contribution in [0.4, 0.5) is 0 Å². The lowest BCUT2D eigenvalue weighted by molar-refractivity contribution is 0.537. The van der Waals surface area contributed by atoms with Crippen molar-refractivity contribution in [3.05, 3.63) is 36.4 Å². The third-order valence-corrected chi connectivity index (χ3v) is 2.12. The van der Waals surface area contributed by atoms with E-state index in [1.807, 2.05) is 18.3 Å². The zero-order chi connectivity index (χ0) is 9.47. The minimum Gasteiger partial charge on any atom is -0.305 e. The molecular formula is C11H14N2. The van der Waals surface area contributed by atoms with E-state index in [9.17, 15) is 0 Å². The zero-order valence-electron chi connectivity index (χ0n) is 8.28. The van der Waals surface area contributed by atoms with Gasteiger partial charge in [-0.05, 0) is 18.2 Å². The maximum atomic E-state index is 4.41. The Kier molecular flexibility index (Phi) is 1.65. The molecular weight excluding hydrogens is 160 g/mol. The quantitative estimate of drug-likeness (QED) is 0.600. The maximum absolute atomic E-state index is 4.41. The van der Waals surface area contributed by atoms with Crippen LogP contribution in [0.25, 0.3) is 5.52 Å². The first kappa shape index (κ1) is 8.30. The van der Waals surface area contributed by atoms with Gasteiger partial charge in [0.05, 0.1) is 0 Å². The normalized spacial score (nSPS) is 12.2. The van der Waals surface area contributed by atoms with Gasteiger partial charge in [0.1, 0.15) is 5.82 Å². The highest BCUT2D eigenvalue weighted by Gasteiger charge is 2.17. The summed E-state index contributed by atoms with van der Waals surface area (Å²) in [5.74, 6) is 1.11. The average molecular weight is 174 g/mol. The second-order valence-electron chi connectivity index (χ2n) is 4.32. The van der Waals surface area contributed by atoms with Crippen molar-refractivity contribution in [3.63, 3.8) is 0 Å².